The summed E-state index contributed by atoms with van der Waals surface area (Å²) in [7, 11) is 1.56. The second kappa shape index (κ2) is 7.37. The second-order valence-corrected chi connectivity index (χ2v) is 4.66. The molecule has 7 nitrogen and oxygen atoms in total. The molecule has 0 aliphatic heterocycles. The summed E-state index contributed by atoms with van der Waals surface area (Å²) in [6.07, 6.45) is 3.11. The van der Waals surface area contributed by atoms with Gasteiger partial charge in [0.15, 0.2) is 0 Å². The second-order valence-electron chi connectivity index (χ2n) is 4.66. The summed E-state index contributed by atoms with van der Waals surface area (Å²) < 4.78 is 10.0. The number of nitrogens with zero attached hydrogens (tertiary/aromatic N) is 2. The number of amides is 1. The predicted octanol–water partition coefficient (Wildman–Crippen LogP) is 2.48. The van der Waals surface area contributed by atoms with E-state index in [2.05, 4.69) is 0 Å². The van der Waals surface area contributed by atoms with Crippen molar-refractivity contribution in [2.75, 3.05) is 20.3 Å². The molecule has 1 aromatic heterocycles. The molecule has 2 rings (SSSR count). The van der Waals surface area contributed by atoms with Crippen LogP contribution in [0.2, 0.25) is 0 Å². The van der Waals surface area contributed by atoms with Crippen LogP contribution in [0, 0.1) is 10.1 Å². The molecule has 0 aliphatic carbocycles. The van der Waals surface area contributed by atoms with E-state index in [1.807, 2.05) is 0 Å². The lowest BCUT2D eigenvalue weighted by molar-refractivity contribution is -0.384. The minimum absolute atomic E-state index is 0.0465. The van der Waals surface area contributed by atoms with Crippen LogP contribution in [0.15, 0.2) is 47.3 Å². The molecule has 0 bridgehead atoms. The third kappa shape index (κ3) is 3.92. The lowest BCUT2D eigenvalue weighted by Crippen LogP contribution is -2.33. The van der Waals surface area contributed by atoms with Crippen LogP contribution in [0.5, 0.6) is 0 Å². The summed E-state index contributed by atoms with van der Waals surface area (Å²) in [5.74, 6) is -0.215. The number of rotatable bonds is 7. The van der Waals surface area contributed by atoms with Gasteiger partial charge in [-0.1, -0.05) is 0 Å². The Kier molecular flexibility index (Phi) is 5.26. The molecule has 0 fully saturated rings. The Bertz CT molecular complexity index is 622. The molecule has 0 atom stereocenters. The number of nitro groups is 1. The lowest BCUT2D eigenvalue weighted by atomic mass is 10.1. The highest BCUT2D eigenvalue weighted by atomic mass is 16.6. The monoisotopic (exact) mass is 304 g/mol. The van der Waals surface area contributed by atoms with Crippen molar-refractivity contribution in [3.63, 3.8) is 0 Å². The van der Waals surface area contributed by atoms with E-state index in [0.717, 1.165) is 5.56 Å². The van der Waals surface area contributed by atoms with Crippen molar-refractivity contribution < 1.29 is 18.9 Å². The number of hydrogen-bond donors (Lipinski definition) is 0. The highest BCUT2D eigenvalue weighted by molar-refractivity contribution is 5.94. The Hall–Kier alpha value is -2.67. The van der Waals surface area contributed by atoms with Crippen molar-refractivity contribution >= 4 is 11.6 Å². The average molecular weight is 304 g/mol. The van der Waals surface area contributed by atoms with Crippen molar-refractivity contribution in [2.24, 2.45) is 0 Å². The zero-order valence-electron chi connectivity index (χ0n) is 12.1. The first-order chi connectivity index (χ1) is 10.6. The predicted molar refractivity (Wildman–Crippen MR) is 78.4 cm³/mol. The molecular weight excluding hydrogens is 288 g/mol. The zero-order chi connectivity index (χ0) is 15.9. The maximum atomic E-state index is 12.5. The van der Waals surface area contributed by atoms with E-state index in [-0.39, 0.29) is 11.6 Å². The topological polar surface area (TPSA) is 85.8 Å². The molecule has 1 amide bonds. The number of carbonyl (C=O) groups excluding carboxylic acids is 1. The normalized spacial score (nSPS) is 10.4. The number of ether oxygens (including phenoxy) is 1. The lowest BCUT2D eigenvalue weighted by Gasteiger charge is -2.21. The van der Waals surface area contributed by atoms with Gasteiger partial charge in [0.05, 0.1) is 24.1 Å². The van der Waals surface area contributed by atoms with Gasteiger partial charge in [-0.05, 0) is 18.2 Å². The van der Waals surface area contributed by atoms with Crippen molar-refractivity contribution in [2.45, 2.75) is 6.54 Å². The van der Waals surface area contributed by atoms with Crippen molar-refractivity contribution in [1.29, 1.82) is 0 Å². The molecule has 0 aliphatic rings. The first-order valence-corrected chi connectivity index (χ1v) is 6.65. The Labute approximate surface area is 127 Å². The summed E-state index contributed by atoms with van der Waals surface area (Å²) in [5.41, 5.74) is 1.21. The standard InChI is InChI=1S/C15H16N2O5/c1-21-9-7-16(10-12-6-8-22-11-12)15(18)13-2-4-14(5-3-13)17(19)20/h2-6,8,11H,7,9-10H2,1H3. The Morgan fingerprint density at radius 2 is 2.05 bits per heavy atom. The van der Waals surface area contributed by atoms with E-state index in [1.165, 1.54) is 24.3 Å². The van der Waals surface area contributed by atoms with E-state index in [9.17, 15) is 14.9 Å². The van der Waals surface area contributed by atoms with Gasteiger partial charge in [0.25, 0.3) is 11.6 Å². The fraction of sp³-hybridized carbons (Fsp3) is 0.267. The molecule has 0 saturated carbocycles. The van der Waals surface area contributed by atoms with E-state index < -0.39 is 4.92 Å². The molecule has 7 heteroatoms. The van der Waals surface area contributed by atoms with E-state index in [0.29, 0.717) is 25.3 Å². The van der Waals surface area contributed by atoms with Crippen LogP contribution in [0.4, 0.5) is 5.69 Å². The summed E-state index contributed by atoms with van der Waals surface area (Å²) in [5, 5.41) is 10.7. The van der Waals surface area contributed by atoms with Gasteiger partial charge in [0.2, 0.25) is 0 Å². The third-order valence-corrected chi connectivity index (χ3v) is 3.13. The zero-order valence-corrected chi connectivity index (χ0v) is 12.1. The van der Waals surface area contributed by atoms with Gasteiger partial charge in [-0.3, -0.25) is 14.9 Å². The maximum absolute atomic E-state index is 12.5. The quantitative estimate of drug-likeness (QED) is 0.579. The van der Waals surface area contributed by atoms with Gasteiger partial charge >= 0.3 is 0 Å². The number of benzene rings is 1. The van der Waals surface area contributed by atoms with Crippen LogP contribution in [-0.2, 0) is 11.3 Å². The van der Waals surface area contributed by atoms with Gasteiger partial charge in [-0.15, -0.1) is 0 Å². The summed E-state index contributed by atoms with van der Waals surface area (Å²) >= 11 is 0. The average Bonchev–Trinajstić information content (AvgIpc) is 3.04. The maximum Gasteiger partial charge on any atom is 0.269 e. The summed E-state index contributed by atoms with van der Waals surface area (Å²) in [4.78, 5) is 24.3. The Balaban J connectivity index is 2.14. The van der Waals surface area contributed by atoms with Gasteiger partial charge in [-0.2, -0.15) is 0 Å². The van der Waals surface area contributed by atoms with Crippen LogP contribution in [0.25, 0.3) is 0 Å². The van der Waals surface area contributed by atoms with Crippen LogP contribution < -0.4 is 0 Å². The third-order valence-electron chi connectivity index (χ3n) is 3.13. The highest BCUT2D eigenvalue weighted by Crippen LogP contribution is 2.15. The SMILES string of the molecule is COCCN(Cc1ccoc1)C(=O)c1ccc([N+](=O)[O-])cc1. The molecule has 22 heavy (non-hydrogen) atoms. The first-order valence-electron chi connectivity index (χ1n) is 6.65. The van der Waals surface area contributed by atoms with Crippen LogP contribution in [0.3, 0.4) is 0 Å². The van der Waals surface area contributed by atoms with E-state index >= 15 is 0 Å². The number of nitro benzene ring substituents is 1. The number of furan rings is 1. The van der Waals surface area contributed by atoms with Gasteiger partial charge in [0.1, 0.15) is 0 Å². The van der Waals surface area contributed by atoms with Gasteiger partial charge in [0, 0.05) is 43.5 Å². The van der Waals surface area contributed by atoms with Crippen molar-refractivity contribution in [1.82, 2.24) is 4.90 Å². The van der Waals surface area contributed by atoms with Crippen LogP contribution in [0.1, 0.15) is 15.9 Å². The van der Waals surface area contributed by atoms with Crippen LogP contribution >= 0.6 is 0 Å². The number of methoxy groups -OCH3 is 1. The van der Waals surface area contributed by atoms with Crippen LogP contribution in [-0.4, -0.2) is 36.0 Å². The summed E-state index contributed by atoms with van der Waals surface area (Å²) in [6, 6.07) is 7.33. The molecule has 0 unspecified atom stereocenters. The van der Waals surface area contributed by atoms with Crippen molar-refractivity contribution in [3.8, 4) is 0 Å². The number of hydrogen-bond acceptors (Lipinski definition) is 5. The molecule has 0 N–H and O–H groups in total. The molecule has 2 aromatic rings. The fourth-order valence-corrected chi connectivity index (χ4v) is 1.97. The minimum atomic E-state index is -0.498. The smallest absolute Gasteiger partial charge is 0.269 e. The highest BCUT2D eigenvalue weighted by Gasteiger charge is 2.17. The van der Waals surface area contributed by atoms with Crippen molar-refractivity contribution in [3.05, 3.63) is 64.1 Å². The Morgan fingerprint density at radius 1 is 1.32 bits per heavy atom. The molecule has 1 aromatic carbocycles. The molecule has 0 spiro atoms. The summed E-state index contributed by atoms with van der Waals surface area (Å²) in [6.45, 7) is 1.20. The first kappa shape index (κ1) is 15.7. The largest absolute Gasteiger partial charge is 0.472 e. The number of non-ortho nitro benzene ring substituents is 1. The van der Waals surface area contributed by atoms with E-state index in [4.69, 9.17) is 9.15 Å². The minimum Gasteiger partial charge on any atom is -0.472 e. The number of carbonyl (C=O) groups is 1. The molecular formula is C15H16N2O5. The van der Waals surface area contributed by atoms with Gasteiger partial charge in [-0.25, -0.2) is 0 Å². The van der Waals surface area contributed by atoms with Gasteiger partial charge < -0.3 is 14.1 Å². The molecule has 0 saturated heterocycles. The Morgan fingerprint density at radius 3 is 2.59 bits per heavy atom. The molecule has 1 heterocycles. The van der Waals surface area contributed by atoms with E-state index in [1.54, 1.807) is 30.6 Å². The molecule has 0 radical (unpaired) electrons. The molecule has 116 valence electrons. The fourth-order valence-electron chi connectivity index (χ4n) is 1.97.